The van der Waals surface area contributed by atoms with E-state index in [4.69, 9.17) is 4.52 Å². The quantitative estimate of drug-likeness (QED) is 0.285. The molecule has 0 spiro atoms. The number of halogens is 4. The molecular formula is C19H33F3IN5O. The summed E-state index contributed by atoms with van der Waals surface area (Å²) in [5.74, 6) is 1.92. The van der Waals surface area contributed by atoms with Crippen LogP contribution in [0.2, 0.25) is 0 Å². The molecule has 1 fully saturated rings. The molecule has 0 saturated carbocycles. The van der Waals surface area contributed by atoms with Crippen molar-refractivity contribution in [3.05, 3.63) is 17.5 Å². The fourth-order valence-corrected chi connectivity index (χ4v) is 3.52. The normalized spacial score (nSPS) is 18.2. The minimum atomic E-state index is -4.14. The van der Waals surface area contributed by atoms with Gasteiger partial charge in [-0.2, -0.15) is 13.2 Å². The van der Waals surface area contributed by atoms with Gasteiger partial charge in [-0.15, -0.1) is 24.0 Å². The third kappa shape index (κ3) is 9.10. The molecule has 29 heavy (non-hydrogen) atoms. The Morgan fingerprint density at radius 2 is 2.03 bits per heavy atom. The van der Waals surface area contributed by atoms with Crippen molar-refractivity contribution < 1.29 is 17.7 Å². The molecule has 1 aliphatic heterocycles. The summed E-state index contributed by atoms with van der Waals surface area (Å²) in [6.07, 6.45) is -1.35. The molecule has 6 nitrogen and oxygen atoms in total. The van der Waals surface area contributed by atoms with E-state index in [0.29, 0.717) is 50.4 Å². The number of likely N-dealkylation sites (tertiary alicyclic amines) is 1. The Labute approximate surface area is 188 Å². The maximum atomic E-state index is 12.5. The highest BCUT2D eigenvalue weighted by Gasteiger charge is 2.34. The highest BCUT2D eigenvalue weighted by Crippen LogP contribution is 2.23. The van der Waals surface area contributed by atoms with Gasteiger partial charge in [-0.05, 0) is 38.6 Å². The van der Waals surface area contributed by atoms with Gasteiger partial charge in [-0.1, -0.05) is 19.0 Å². The predicted octanol–water partition coefficient (Wildman–Crippen LogP) is 4.14. The zero-order chi connectivity index (χ0) is 20.6. The lowest BCUT2D eigenvalue weighted by atomic mass is 9.99. The Kier molecular flexibility index (Phi) is 11.3. The number of hydrogen-bond donors (Lipinski definition) is 2. The summed E-state index contributed by atoms with van der Waals surface area (Å²) >= 11 is 0. The van der Waals surface area contributed by atoms with Crippen molar-refractivity contribution in [2.24, 2.45) is 10.9 Å². The van der Waals surface area contributed by atoms with Crippen molar-refractivity contribution in [3.8, 4) is 0 Å². The van der Waals surface area contributed by atoms with Crippen LogP contribution in [0.15, 0.2) is 15.6 Å². The number of rotatable bonds is 9. The van der Waals surface area contributed by atoms with Crippen LogP contribution in [0.3, 0.4) is 0 Å². The SMILES string of the molecule is CCNC(=NCc1cc(C(CC)CC)no1)NCC1CCN(CC(F)(F)F)C1.I. The minimum Gasteiger partial charge on any atom is -0.359 e. The molecular weight excluding hydrogens is 498 g/mol. The first-order valence-electron chi connectivity index (χ1n) is 10.1. The van der Waals surface area contributed by atoms with Crippen LogP contribution in [0, 0.1) is 5.92 Å². The summed E-state index contributed by atoms with van der Waals surface area (Å²) in [5.41, 5.74) is 0.962. The van der Waals surface area contributed by atoms with Crippen LogP contribution < -0.4 is 10.6 Å². The lowest BCUT2D eigenvalue weighted by molar-refractivity contribution is -0.143. The number of alkyl halides is 3. The summed E-state index contributed by atoms with van der Waals surface area (Å²) in [4.78, 5) is 5.98. The molecule has 1 aliphatic rings. The summed E-state index contributed by atoms with van der Waals surface area (Å²) in [6, 6.07) is 1.96. The molecule has 1 atom stereocenters. The van der Waals surface area contributed by atoms with E-state index in [-0.39, 0.29) is 29.9 Å². The van der Waals surface area contributed by atoms with Crippen LogP contribution in [0.1, 0.15) is 57.4 Å². The number of aromatic nitrogens is 1. The standard InChI is InChI=1S/C19H32F3N5O.HI/c1-4-15(5-2)17-9-16(28-26-17)11-25-18(23-6-3)24-10-14-7-8-27(12-14)13-19(20,21)22;/h9,14-15H,4-8,10-13H2,1-3H3,(H2,23,24,25);1H. The summed E-state index contributed by atoms with van der Waals surface area (Å²) in [6.45, 7) is 8.00. The molecule has 2 rings (SSSR count). The molecule has 2 heterocycles. The van der Waals surface area contributed by atoms with Gasteiger partial charge in [0.25, 0.3) is 0 Å². The van der Waals surface area contributed by atoms with Gasteiger partial charge in [0.2, 0.25) is 0 Å². The number of nitrogens with zero attached hydrogens (tertiary/aromatic N) is 3. The molecule has 1 aromatic heterocycles. The average Bonchev–Trinajstić information content (AvgIpc) is 3.27. The van der Waals surface area contributed by atoms with Gasteiger partial charge in [0.15, 0.2) is 11.7 Å². The Morgan fingerprint density at radius 1 is 1.31 bits per heavy atom. The molecule has 0 bridgehead atoms. The Morgan fingerprint density at radius 3 is 2.66 bits per heavy atom. The van der Waals surface area contributed by atoms with Crippen molar-refractivity contribution in [2.45, 2.75) is 58.7 Å². The Hall–Kier alpha value is -1.04. The highest BCUT2D eigenvalue weighted by atomic mass is 127. The molecule has 0 aliphatic carbocycles. The van der Waals surface area contributed by atoms with E-state index in [1.165, 1.54) is 4.90 Å². The van der Waals surface area contributed by atoms with Gasteiger partial charge in [0, 0.05) is 31.6 Å². The molecule has 1 unspecified atom stereocenters. The third-order valence-electron chi connectivity index (χ3n) is 5.05. The van der Waals surface area contributed by atoms with E-state index in [1.54, 1.807) is 0 Å². The van der Waals surface area contributed by atoms with E-state index in [9.17, 15) is 13.2 Å². The van der Waals surface area contributed by atoms with E-state index >= 15 is 0 Å². The van der Waals surface area contributed by atoms with Crippen LogP contribution in [-0.4, -0.2) is 54.9 Å². The van der Waals surface area contributed by atoms with Gasteiger partial charge in [-0.3, -0.25) is 4.90 Å². The smallest absolute Gasteiger partial charge is 0.359 e. The summed E-state index contributed by atoms with van der Waals surface area (Å²) in [7, 11) is 0. The van der Waals surface area contributed by atoms with E-state index in [1.807, 2.05) is 13.0 Å². The fraction of sp³-hybridized carbons (Fsp3) is 0.789. The molecule has 2 N–H and O–H groups in total. The first-order chi connectivity index (χ1) is 13.3. The summed E-state index contributed by atoms with van der Waals surface area (Å²) < 4.78 is 42.9. The monoisotopic (exact) mass is 531 g/mol. The number of hydrogen-bond acceptors (Lipinski definition) is 4. The predicted molar refractivity (Wildman–Crippen MR) is 119 cm³/mol. The lowest BCUT2D eigenvalue weighted by Crippen LogP contribution is -2.40. The first-order valence-corrected chi connectivity index (χ1v) is 10.1. The second kappa shape index (κ2) is 12.6. The van der Waals surface area contributed by atoms with E-state index in [0.717, 1.165) is 25.0 Å². The van der Waals surface area contributed by atoms with Crippen molar-refractivity contribution in [2.75, 3.05) is 32.7 Å². The largest absolute Gasteiger partial charge is 0.401 e. The average molecular weight is 531 g/mol. The Balaban J connectivity index is 0.00000420. The van der Waals surface area contributed by atoms with Crippen LogP contribution >= 0.6 is 24.0 Å². The topological polar surface area (TPSA) is 65.7 Å². The third-order valence-corrected chi connectivity index (χ3v) is 5.05. The van der Waals surface area contributed by atoms with Gasteiger partial charge >= 0.3 is 6.18 Å². The van der Waals surface area contributed by atoms with E-state index in [2.05, 4.69) is 34.6 Å². The molecule has 168 valence electrons. The maximum absolute atomic E-state index is 12.5. The van der Waals surface area contributed by atoms with Gasteiger partial charge < -0.3 is 15.2 Å². The van der Waals surface area contributed by atoms with Crippen LogP contribution in [-0.2, 0) is 6.54 Å². The second-order valence-corrected chi connectivity index (χ2v) is 7.31. The van der Waals surface area contributed by atoms with Crippen molar-refractivity contribution in [1.29, 1.82) is 0 Å². The van der Waals surface area contributed by atoms with Crippen LogP contribution in [0.5, 0.6) is 0 Å². The number of guanidine groups is 1. The van der Waals surface area contributed by atoms with Gasteiger partial charge in [0.05, 0.1) is 12.2 Å². The highest BCUT2D eigenvalue weighted by molar-refractivity contribution is 14.0. The maximum Gasteiger partial charge on any atom is 0.401 e. The number of nitrogens with one attached hydrogen (secondary N) is 2. The van der Waals surface area contributed by atoms with Crippen molar-refractivity contribution >= 4 is 29.9 Å². The van der Waals surface area contributed by atoms with Crippen molar-refractivity contribution in [3.63, 3.8) is 0 Å². The van der Waals surface area contributed by atoms with Crippen LogP contribution in [0.4, 0.5) is 13.2 Å². The lowest BCUT2D eigenvalue weighted by Gasteiger charge is -2.18. The fourth-order valence-electron chi connectivity index (χ4n) is 3.52. The Bertz CT molecular complexity index is 619. The molecule has 1 saturated heterocycles. The molecule has 0 radical (unpaired) electrons. The first kappa shape index (κ1) is 26.0. The minimum absolute atomic E-state index is 0. The van der Waals surface area contributed by atoms with E-state index < -0.39 is 12.7 Å². The van der Waals surface area contributed by atoms with Gasteiger partial charge in [0.1, 0.15) is 6.54 Å². The van der Waals surface area contributed by atoms with Crippen LogP contribution in [0.25, 0.3) is 0 Å². The molecule has 0 aromatic carbocycles. The molecule has 10 heteroatoms. The number of aliphatic imine (C=N–C) groups is 1. The second-order valence-electron chi connectivity index (χ2n) is 7.31. The zero-order valence-electron chi connectivity index (χ0n) is 17.4. The van der Waals surface area contributed by atoms with Gasteiger partial charge in [-0.25, -0.2) is 4.99 Å². The molecule has 0 amide bonds. The zero-order valence-corrected chi connectivity index (χ0v) is 19.7. The molecule has 1 aromatic rings. The summed E-state index contributed by atoms with van der Waals surface area (Å²) in [5, 5.41) is 10.5. The van der Waals surface area contributed by atoms with Crippen molar-refractivity contribution in [1.82, 2.24) is 20.7 Å².